The van der Waals surface area contributed by atoms with E-state index in [1.807, 2.05) is 12.1 Å². The maximum Gasteiger partial charge on any atom is 0.218 e. The molecule has 0 saturated carbocycles. The molecule has 0 atom stereocenters. The quantitative estimate of drug-likeness (QED) is 0.886. The molecule has 0 bridgehead atoms. The van der Waals surface area contributed by atoms with Gasteiger partial charge in [-0.1, -0.05) is 17.7 Å². The Morgan fingerprint density at radius 1 is 1.10 bits per heavy atom. The van der Waals surface area contributed by atoms with Crippen LogP contribution in [0, 0.1) is 0 Å². The van der Waals surface area contributed by atoms with E-state index in [2.05, 4.69) is 10.3 Å². The molecule has 0 saturated heterocycles. The van der Waals surface area contributed by atoms with Crippen molar-refractivity contribution in [3.63, 3.8) is 0 Å². The molecule has 1 aromatic carbocycles. The summed E-state index contributed by atoms with van der Waals surface area (Å²) in [5.74, 6) is 1.81. The largest absolute Gasteiger partial charge is 0.495 e. The molecule has 1 heterocycles. The summed E-state index contributed by atoms with van der Waals surface area (Å²) in [6.07, 6.45) is 1.69. The van der Waals surface area contributed by atoms with Crippen LogP contribution < -0.4 is 19.5 Å². The maximum atomic E-state index is 6.14. The van der Waals surface area contributed by atoms with E-state index in [9.17, 15) is 0 Å². The first-order valence-electron chi connectivity index (χ1n) is 6.33. The molecular formula is C15H17ClN2O3. The second-order valence-corrected chi connectivity index (χ2v) is 4.62. The van der Waals surface area contributed by atoms with Gasteiger partial charge in [-0.25, -0.2) is 4.98 Å². The Hall–Kier alpha value is -2.14. The SMILES string of the molecule is COc1cc(OC)c(NCc2cccnc2OC)cc1Cl. The number of nitrogens with zero attached hydrogens (tertiary/aromatic N) is 1. The smallest absolute Gasteiger partial charge is 0.218 e. The van der Waals surface area contributed by atoms with Gasteiger partial charge in [-0.3, -0.25) is 0 Å². The number of nitrogens with one attached hydrogen (secondary N) is 1. The van der Waals surface area contributed by atoms with Gasteiger partial charge in [-0.15, -0.1) is 0 Å². The van der Waals surface area contributed by atoms with Gasteiger partial charge in [0.05, 0.1) is 32.0 Å². The summed E-state index contributed by atoms with van der Waals surface area (Å²) in [5.41, 5.74) is 1.71. The highest BCUT2D eigenvalue weighted by Crippen LogP contribution is 2.36. The molecule has 2 aromatic rings. The molecule has 1 N–H and O–H groups in total. The highest BCUT2D eigenvalue weighted by Gasteiger charge is 2.11. The van der Waals surface area contributed by atoms with Crippen molar-refractivity contribution in [1.29, 1.82) is 0 Å². The number of aromatic nitrogens is 1. The average molecular weight is 309 g/mol. The Morgan fingerprint density at radius 2 is 1.86 bits per heavy atom. The lowest BCUT2D eigenvalue weighted by atomic mass is 10.2. The van der Waals surface area contributed by atoms with Gasteiger partial charge >= 0.3 is 0 Å². The zero-order valence-electron chi connectivity index (χ0n) is 12.1. The summed E-state index contributed by atoms with van der Waals surface area (Å²) in [4.78, 5) is 4.16. The summed E-state index contributed by atoms with van der Waals surface area (Å²) in [6, 6.07) is 7.31. The Balaban J connectivity index is 2.21. The first-order chi connectivity index (χ1) is 10.2. The van der Waals surface area contributed by atoms with E-state index in [0.717, 1.165) is 11.3 Å². The van der Waals surface area contributed by atoms with Crippen molar-refractivity contribution in [3.05, 3.63) is 41.0 Å². The molecular weight excluding hydrogens is 292 g/mol. The van der Waals surface area contributed by atoms with E-state index in [0.29, 0.717) is 28.9 Å². The van der Waals surface area contributed by atoms with Gasteiger partial charge in [-0.05, 0) is 12.1 Å². The molecule has 0 amide bonds. The second-order valence-electron chi connectivity index (χ2n) is 4.21. The van der Waals surface area contributed by atoms with Crippen molar-refractivity contribution in [1.82, 2.24) is 4.98 Å². The number of rotatable bonds is 6. The first-order valence-corrected chi connectivity index (χ1v) is 6.70. The average Bonchev–Trinajstić information content (AvgIpc) is 2.53. The zero-order valence-corrected chi connectivity index (χ0v) is 12.9. The number of hydrogen-bond acceptors (Lipinski definition) is 5. The van der Waals surface area contributed by atoms with Gasteiger partial charge in [0.15, 0.2) is 0 Å². The molecule has 0 radical (unpaired) electrons. The third kappa shape index (κ3) is 3.49. The lowest BCUT2D eigenvalue weighted by Crippen LogP contribution is -2.04. The third-order valence-corrected chi connectivity index (χ3v) is 3.28. The van der Waals surface area contributed by atoms with Gasteiger partial charge in [0, 0.05) is 24.4 Å². The predicted octanol–water partition coefficient (Wildman–Crippen LogP) is 3.37. The minimum atomic E-state index is 0.513. The molecule has 0 aliphatic rings. The molecule has 2 rings (SSSR count). The molecule has 0 fully saturated rings. The van der Waals surface area contributed by atoms with Crippen molar-refractivity contribution >= 4 is 17.3 Å². The van der Waals surface area contributed by atoms with E-state index in [1.165, 1.54) is 0 Å². The van der Waals surface area contributed by atoms with Crippen LogP contribution in [0.25, 0.3) is 0 Å². The molecule has 112 valence electrons. The van der Waals surface area contributed by atoms with Crippen molar-refractivity contribution < 1.29 is 14.2 Å². The summed E-state index contributed by atoms with van der Waals surface area (Å²) in [6.45, 7) is 0.538. The topological polar surface area (TPSA) is 52.6 Å². The van der Waals surface area contributed by atoms with Crippen molar-refractivity contribution in [3.8, 4) is 17.4 Å². The number of anilines is 1. The maximum absolute atomic E-state index is 6.14. The molecule has 21 heavy (non-hydrogen) atoms. The van der Waals surface area contributed by atoms with Crippen molar-refractivity contribution in [2.24, 2.45) is 0 Å². The molecule has 0 aliphatic heterocycles. The van der Waals surface area contributed by atoms with E-state index in [1.54, 1.807) is 39.7 Å². The van der Waals surface area contributed by atoms with Crippen LogP contribution in [0.15, 0.2) is 30.5 Å². The van der Waals surface area contributed by atoms with Gasteiger partial charge in [0.1, 0.15) is 11.5 Å². The summed E-state index contributed by atoms with van der Waals surface area (Å²) in [5, 5.41) is 3.78. The molecule has 0 aliphatic carbocycles. The summed E-state index contributed by atoms with van der Waals surface area (Å²) < 4.78 is 15.7. The summed E-state index contributed by atoms with van der Waals surface area (Å²) in [7, 11) is 4.75. The molecule has 5 nitrogen and oxygen atoms in total. The monoisotopic (exact) mass is 308 g/mol. The third-order valence-electron chi connectivity index (χ3n) is 2.99. The second kappa shape index (κ2) is 7.04. The molecule has 0 unspecified atom stereocenters. The minimum Gasteiger partial charge on any atom is -0.495 e. The highest BCUT2D eigenvalue weighted by atomic mass is 35.5. The lowest BCUT2D eigenvalue weighted by Gasteiger charge is -2.14. The summed E-state index contributed by atoms with van der Waals surface area (Å²) >= 11 is 6.14. The van der Waals surface area contributed by atoms with Gasteiger partial charge in [-0.2, -0.15) is 0 Å². The highest BCUT2D eigenvalue weighted by molar-refractivity contribution is 6.32. The van der Waals surface area contributed by atoms with Gasteiger partial charge in [0.2, 0.25) is 5.88 Å². The van der Waals surface area contributed by atoms with Crippen LogP contribution in [0.3, 0.4) is 0 Å². The number of benzene rings is 1. The van der Waals surface area contributed by atoms with Crippen LogP contribution in [0.2, 0.25) is 5.02 Å². The van der Waals surface area contributed by atoms with Crippen LogP contribution in [0.4, 0.5) is 5.69 Å². The minimum absolute atomic E-state index is 0.513. The Morgan fingerprint density at radius 3 is 2.52 bits per heavy atom. The fourth-order valence-electron chi connectivity index (χ4n) is 1.93. The number of halogens is 1. The van der Waals surface area contributed by atoms with E-state index in [-0.39, 0.29) is 0 Å². The van der Waals surface area contributed by atoms with Gasteiger partial charge in [0.25, 0.3) is 0 Å². The Bertz CT molecular complexity index is 620. The van der Waals surface area contributed by atoms with Crippen LogP contribution in [-0.2, 0) is 6.54 Å². The molecule has 0 spiro atoms. The van der Waals surface area contributed by atoms with E-state index >= 15 is 0 Å². The Labute approximate surface area is 128 Å². The fraction of sp³-hybridized carbons (Fsp3) is 0.267. The number of pyridine rings is 1. The normalized spacial score (nSPS) is 10.1. The van der Waals surface area contributed by atoms with Crippen LogP contribution >= 0.6 is 11.6 Å². The number of methoxy groups -OCH3 is 3. The standard InChI is InChI=1S/C15H17ClN2O3/c1-19-13-8-14(20-2)12(7-11(13)16)18-9-10-5-4-6-17-15(10)21-3/h4-8,18H,9H2,1-3H3. The zero-order chi connectivity index (χ0) is 15.2. The number of hydrogen-bond donors (Lipinski definition) is 1. The Kier molecular flexibility index (Phi) is 5.11. The molecule has 6 heteroatoms. The van der Waals surface area contributed by atoms with E-state index in [4.69, 9.17) is 25.8 Å². The van der Waals surface area contributed by atoms with Crippen molar-refractivity contribution in [2.45, 2.75) is 6.54 Å². The molecule has 1 aromatic heterocycles. The lowest BCUT2D eigenvalue weighted by molar-refractivity contribution is 0.392. The fourth-order valence-corrected chi connectivity index (χ4v) is 2.17. The first kappa shape index (κ1) is 15.3. The number of ether oxygens (including phenoxy) is 3. The van der Waals surface area contributed by atoms with Gasteiger partial charge < -0.3 is 19.5 Å². The van der Waals surface area contributed by atoms with Crippen molar-refractivity contribution in [2.75, 3.05) is 26.6 Å². The van der Waals surface area contributed by atoms with Crippen LogP contribution in [-0.4, -0.2) is 26.3 Å². The van der Waals surface area contributed by atoms with E-state index < -0.39 is 0 Å². The van der Waals surface area contributed by atoms with Crippen LogP contribution in [0.1, 0.15) is 5.56 Å². The van der Waals surface area contributed by atoms with Crippen LogP contribution in [0.5, 0.6) is 17.4 Å². The predicted molar refractivity (Wildman–Crippen MR) is 82.7 cm³/mol.